The lowest BCUT2D eigenvalue weighted by molar-refractivity contribution is 0.323. The van der Waals surface area contributed by atoms with Crippen molar-refractivity contribution in [3.63, 3.8) is 0 Å². The molecule has 1 aromatic rings. The number of halogens is 1. The van der Waals surface area contributed by atoms with Crippen molar-refractivity contribution in [1.29, 1.82) is 0 Å². The summed E-state index contributed by atoms with van der Waals surface area (Å²) in [4.78, 5) is 0. The van der Waals surface area contributed by atoms with E-state index in [0.29, 0.717) is 18.1 Å². The summed E-state index contributed by atoms with van der Waals surface area (Å²) >= 11 is 5.90. The summed E-state index contributed by atoms with van der Waals surface area (Å²) in [7, 11) is 1.88. The minimum absolute atomic E-state index is 0.537. The highest BCUT2D eigenvalue weighted by molar-refractivity contribution is 6.30. The Morgan fingerprint density at radius 2 is 2.33 bits per heavy atom. The molecule has 2 nitrogen and oxygen atoms in total. The molecule has 0 aliphatic rings. The zero-order valence-electron chi connectivity index (χ0n) is 8.72. The monoisotopic (exact) mass is 223 g/mol. The van der Waals surface area contributed by atoms with Gasteiger partial charge in [-0.2, -0.15) is 0 Å². The van der Waals surface area contributed by atoms with Gasteiger partial charge in [0, 0.05) is 23.6 Å². The lowest BCUT2D eigenvalue weighted by Crippen LogP contribution is -2.08. The van der Waals surface area contributed by atoms with E-state index in [2.05, 4.69) is 11.2 Å². The third kappa shape index (κ3) is 3.83. The Morgan fingerprint density at radius 1 is 1.53 bits per heavy atom. The molecule has 0 aromatic heterocycles. The van der Waals surface area contributed by atoms with Gasteiger partial charge in [-0.25, -0.2) is 0 Å². The van der Waals surface area contributed by atoms with Crippen LogP contribution < -0.4 is 10.1 Å². The third-order valence-corrected chi connectivity index (χ3v) is 2.13. The molecule has 0 saturated heterocycles. The number of hydrogen-bond acceptors (Lipinski definition) is 2. The van der Waals surface area contributed by atoms with Gasteiger partial charge in [0.15, 0.2) is 0 Å². The first-order valence-corrected chi connectivity index (χ1v) is 5.15. The Kier molecular flexibility index (Phi) is 5.03. The summed E-state index contributed by atoms with van der Waals surface area (Å²) < 4.78 is 5.54. The minimum Gasteiger partial charge on any atom is -0.492 e. The Bertz CT molecular complexity index is 357. The summed E-state index contributed by atoms with van der Waals surface area (Å²) in [6.45, 7) is 1.26. The average molecular weight is 224 g/mol. The Balaban J connectivity index is 2.72. The zero-order chi connectivity index (χ0) is 11.1. The van der Waals surface area contributed by atoms with E-state index < -0.39 is 0 Å². The second-order valence-electron chi connectivity index (χ2n) is 3.08. The van der Waals surface area contributed by atoms with Gasteiger partial charge in [0.25, 0.3) is 0 Å². The quantitative estimate of drug-likeness (QED) is 0.612. The van der Waals surface area contributed by atoms with E-state index >= 15 is 0 Å². The predicted molar refractivity (Wildman–Crippen MR) is 63.2 cm³/mol. The summed E-state index contributed by atoms with van der Waals surface area (Å²) in [5.74, 6) is 3.37. The molecule has 80 valence electrons. The topological polar surface area (TPSA) is 21.3 Å². The molecule has 0 unspecified atom stereocenters. The Labute approximate surface area is 95.6 Å². The molecule has 0 spiro atoms. The maximum absolute atomic E-state index is 5.90. The van der Waals surface area contributed by atoms with Crippen molar-refractivity contribution in [1.82, 2.24) is 5.32 Å². The van der Waals surface area contributed by atoms with Crippen LogP contribution in [0.1, 0.15) is 12.0 Å². The van der Waals surface area contributed by atoms with E-state index in [1.807, 2.05) is 25.2 Å². The van der Waals surface area contributed by atoms with E-state index in [4.69, 9.17) is 22.8 Å². The minimum atomic E-state index is 0.537. The van der Waals surface area contributed by atoms with Crippen molar-refractivity contribution >= 4 is 11.6 Å². The molecule has 0 aliphatic heterocycles. The highest BCUT2D eigenvalue weighted by atomic mass is 35.5. The molecule has 1 aromatic carbocycles. The number of rotatable bonds is 5. The maximum Gasteiger partial charge on any atom is 0.123 e. The van der Waals surface area contributed by atoms with E-state index in [1.165, 1.54) is 0 Å². The van der Waals surface area contributed by atoms with Crippen LogP contribution in [0.5, 0.6) is 5.75 Å². The van der Waals surface area contributed by atoms with E-state index in [9.17, 15) is 0 Å². The number of hydrogen-bond donors (Lipinski definition) is 1. The molecule has 3 heteroatoms. The molecule has 0 heterocycles. The van der Waals surface area contributed by atoms with Crippen molar-refractivity contribution in [3.05, 3.63) is 28.8 Å². The summed E-state index contributed by atoms with van der Waals surface area (Å²) in [5, 5.41) is 3.78. The van der Waals surface area contributed by atoms with Crippen LogP contribution in [0.3, 0.4) is 0 Å². The maximum atomic E-state index is 5.90. The van der Waals surface area contributed by atoms with Crippen LogP contribution in [0.15, 0.2) is 18.2 Å². The second-order valence-corrected chi connectivity index (χ2v) is 3.52. The van der Waals surface area contributed by atoms with Crippen LogP contribution in [-0.4, -0.2) is 13.7 Å². The SMILES string of the molecule is C#CCCOc1ccc(Cl)cc1CNC. The number of ether oxygens (including phenoxy) is 1. The molecular formula is C12H14ClNO. The van der Waals surface area contributed by atoms with Gasteiger partial charge in [0.1, 0.15) is 5.75 Å². The normalized spacial score (nSPS) is 9.67. The van der Waals surface area contributed by atoms with Crippen LogP contribution >= 0.6 is 11.6 Å². The van der Waals surface area contributed by atoms with Gasteiger partial charge in [-0.3, -0.25) is 0 Å². The lowest BCUT2D eigenvalue weighted by Gasteiger charge is -2.10. The summed E-state index contributed by atoms with van der Waals surface area (Å²) in [5.41, 5.74) is 1.04. The third-order valence-electron chi connectivity index (χ3n) is 1.89. The largest absolute Gasteiger partial charge is 0.492 e. The van der Waals surface area contributed by atoms with Crippen LogP contribution in [0.2, 0.25) is 5.02 Å². The first kappa shape index (κ1) is 11.9. The van der Waals surface area contributed by atoms with Gasteiger partial charge in [0.05, 0.1) is 6.61 Å². The average Bonchev–Trinajstić information content (AvgIpc) is 2.22. The second kappa shape index (κ2) is 6.34. The highest BCUT2D eigenvalue weighted by Crippen LogP contribution is 2.22. The molecule has 1 rings (SSSR count). The number of nitrogens with one attached hydrogen (secondary N) is 1. The lowest BCUT2D eigenvalue weighted by atomic mass is 10.2. The standard InChI is InChI=1S/C12H14ClNO/c1-3-4-7-15-12-6-5-11(13)8-10(12)9-14-2/h1,5-6,8,14H,4,7,9H2,2H3. The highest BCUT2D eigenvalue weighted by Gasteiger charge is 2.03. The molecule has 0 bridgehead atoms. The van der Waals surface area contributed by atoms with Crippen molar-refractivity contribution < 1.29 is 4.74 Å². The van der Waals surface area contributed by atoms with Crippen LogP contribution in [-0.2, 0) is 6.54 Å². The molecule has 1 N–H and O–H groups in total. The fourth-order valence-electron chi connectivity index (χ4n) is 1.24. The van der Waals surface area contributed by atoms with E-state index in [0.717, 1.165) is 17.9 Å². The Morgan fingerprint density at radius 3 is 3.00 bits per heavy atom. The molecule has 0 radical (unpaired) electrons. The van der Waals surface area contributed by atoms with Gasteiger partial charge >= 0.3 is 0 Å². The molecule has 0 amide bonds. The first-order valence-electron chi connectivity index (χ1n) is 4.77. The van der Waals surface area contributed by atoms with Crippen LogP contribution in [0.4, 0.5) is 0 Å². The van der Waals surface area contributed by atoms with Gasteiger partial charge in [-0.05, 0) is 25.2 Å². The van der Waals surface area contributed by atoms with Gasteiger partial charge in [0.2, 0.25) is 0 Å². The number of terminal acetylenes is 1. The predicted octanol–water partition coefficient (Wildman–Crippen LogP) is 2.46. The Hall–Kier alpha value is -1.17. The van der Waals surface area contributed by atoms with E-state index in [-0.39, 0.29) is 0 Å². The molecule has 0 fully saturated rings. The molecule has 0 aliphatic carbocycles. The van der Waals surface area contributed by atoms with Crippen molar-refractivity contribution in [2.24, 2.45) is 0 Å². The summed E-state index contributed by atoms with van der Waals surface area (Å²) in [6, 6.07) is 5.57. The van der Waals surface area contributed by atoms with Crippen LogP contribution in [0, 0.1) is 12.3 Å². The van der Waals surface area contributed by atoms with Crippen LogP contribution in [0.25, 0.3) is 0 Å². The van der Waals surface area contributed by atoms with Gasteiger partial charge in [-0.15, -0.1) is 12.3 Å². The molecule has 15 heavy (non-hydrogen) atoms. The molecule has 0 atom stereocenters. The smallest absolute Gasteiger partial charge is 0.123 e. The fourth-order valence-corrected chi connectivity index (χ4v) is 1.43. The molecule has 0 saturated carbocycles. The fraction of sp³-hybridized carbons (Fsp3) is 0.333. The first-order chi connectivity index (χ1) is 7.27. The van der Waals surface area contributed by atoms with Crippen molar-refractivity contribution in [2.45, 2.75) is 13.0 Å². The summed E-state index contributed by atoms with van der Waals surface area (Å²) in [6.07, 6.45) is 5.76. The van der Waals surface area contributed by atoms with Gasteiger partial charge in [-0.1, -0.05) is 11.6 Å². The van der Waals surface area contributed by atoms with E-state index in [1.54, 1.807) is 0 Å². The number of benzene rings is 1. The van der Waals surface area contributed by atoms with Crippen molar-refractivity contribution in [2.75, 3.05) is 13.7 Å². The van der Waals surface area contributed by atoms with Crippen molar-refractivity contribution in [3.8, 4) is 18.1 Å². The van der Waals surface area contributed by atoms with Gasteiger partial charge < -0.3 is 10.1 Å². The zero-order valence-corrected chi connectivity index (χ0v) is 9.47. The molecular weight excluding hydrogens is 210 g/mol.